The van der Waals surface area contributed by atoms with Crippen molar-refractivity contribution in [3.63, 3.8) is 0 Å². The van der Waals surface area contributed by atoms with Gasteiger partial charge in [0.05, 0.1) is 18.8 Å². The summed E-state index contributed by atoms with van der Waals surface area (Å²) in [7, 11) is 1.66. The molecular weight excluding hydrogens is 268 g/mol. The fourth-order valence-electron chi connectivity index (χ4n) is 3.19. The SMILES string of the molecule is COc1c(CCC(=O)O)c(C(C)C)nn1C1CCCCC1. The molecule has 1 aliphatic carbocycles. The van der Waals surface area contributed by atoms with Crippen LogP contribution in [-0.2, 0) is 11.2 Å². The molecule has 5 heteroatoms. The molecule has 1 aromatic rings. The Morgan fingerprint density at radius 2 is 2.05 bits per heavy atom. The van der Waals surface area contributed by atoms with Crippen molar-refractivity contribution in [1.29, 1.82) is 0 Å². The number of rotatable bonds is 6. The molecular formula is C16H26N2O3. The largest absolute Gasteiger partial charge is 0.481 e. The molecule has 0 amide bonds. The van der Waals surface area contributed by atoms with Crippen LogP contribution in [0.15, 0.2) is 0 Å². The summed E-state index contributed by atoms with van der Waals surface area (Å²) in [5, 5.41) is 13.7. The Hall–Kier alpha value is -1.52. The van der Waals surface area contributed by atoms with Crippen molar-refractivity contribution in [2.24, 2.45) is 0 Å². The number of carbonyl (C=O) groups is 1. The Morgan fingerprint density at radius 1 is 1.38 bits per heavy atom. The highest BCUT2D eigenvalue weighted by Crippen LogP contribution is 2.36. The van der Waals surface area contributed by atoms with Crippen LogP contribution in [0.4, 0.5) is 0 Å². The van der Waals surface area contributed by atoms with Crippen molar-refractivity contribution in [3.8, 4) is 5.88 Å². The molecule has 1 aromatic heterocycles. The average molecular weight is 294 g/mol. The monoisotopic (exact) mass is 294 g/mol. The maximum atomic E-state index is 10.9. The van der Waals surface area contributed by atoms with Crippen LogP contribution < -0.4 is 4.74 Å². The number of hydrogen-bond donors (Lipinski definition) is 1. The zero-order chi connectivity index (χ0) is 15.4. The van der Waals surface area contributed by atoms with Crippen molar-refractivity contribution >= 4 is 5.97 Å². The summed E-state index contributed by atoms with van der Waals surface area (Å²) in [4.78, 5) is 10.9. The van der Waals surface area contributed by atoms with Crippen LogP contribution in [0.1, 0.15) is 75.6 Å². The van der Waals surface area contributed by atoms with Gasteiger partial charge >= 0.3 is 5.97 Å². The third-order valence-electron chi connectivity index (χ3n) is 4.24. The number of ether oxygens (including phenoxy) is 1. The van der Waals surface area contributed by atoms with Gasteiger partial charge in [-0.3, -0.25) is 4.79 Å². The topological polar surface area (TPSA) is 64.3 Å². The Labute approximate surface area is 126 Å². The molecule has 0 aliphatic heterocycles. The smallest absolute Gasteiger partial charge is 0.303 e. The zero-order valence-electron chi connectivity index (χ0n) is 13.3. The van der Waals surface area contributed by atoms with Gasteiger partial charge in [-0.25, -0.2) is 4.68 Å². The predicted molar refractivity (Wildman–Crippen MR) is 80.9 cm³/mol. The van der Waals surface area contributed by atoms with E-state index < -0.39 is 5.97 Å². The summed E-state index contributed by atoms with van der Waals surface area (Å²) in [6.07, 6.45) is 6.63. The van der Waals surface area contributed by atoms with Gasteiger partial charge < -0.3 is 9.84 Å². The Morgan fingerprint density at radius 3 is 2.57 bits per heavy atom. The number of carboxylic acid groups (broad SMARTS) is 1. The van der Waals surface area contributed by atoms with Gasteiger partial charge in [-0.2, -0.15) is 5.10 Å². The van der Waals surface area contributed by atoms with Crippen LogP contribution in [0.25, 0.3) is 0 Å². The standard InChI is InChI=1S/C16H26N2O3/c1-11(2)15-13(9-10-14(19)20)16(21-3)18(17-15)12-7-5-4-6-8-12/h11-12H,4-10H2,1-3H3,(H,19,20). The minimum atomic E-state index is -0.780. The predicted octanol–water partition coefficient (Wildman–Crippen LogP) is 3.54. The van der Waals surface area contributed by atoms with Gasteiger partial charge in [0.15, 0.2) is 0 Å². The normalized spacial score (nSPS) is 16.4. The first-order chi connectivity index (χ1) is 10.0. The summed E-state index contributed by atoms with van der Waals surface area (Å²) in [5.41, 5.74) is 1.96. The Kier molecular flexibility index (Phi) is 5.26. The molecule has 0 aromatic carbocycles. The first kappa shape index (κ1) is 15.9. The highest BCUT2D eigenvalue weighted by Gasteiger charge is 2.26. The number of nitrogens with zero attached hydrogens (tertiary/aromatic N) is 2. The van der Waals surface area contributed by atoms with Crippen LogP contribution in [0, 0.1) is 0 Å². The lowest BCUT2D eigenvalue weighted by atomic mass is 9.95. The van der Waals surface area contributed by atoms with Crippen LogP contribution >= 0.6 is 0 Å². The van der Waals surface area contributed by atoms with Gasteiger partial charge in [-0.1, -0.05) is 33.1 Å². The molecule has 0 saturated heterocycles. The lowest BCUT2D eigenvalue weighted by Crippen LogP contribution is -2.15. The van der Waals surface area contributed by atoms with E-state index in [1.54, 1.807) is 7.11 Å². The summed E-state index contributed by atoms with van der Waals surface area (Å²) in [6.45, 7) is 4.19. The lowest BCUT2D eigenvalue weighted by Gasteiger charge is -2.23. The Balaban J connectivity index is 2.35. The van der Waals surface area contributed by atoms with Crippen LogP contribution in [0.3, 0.4) is 0 Å². The second-order valence-corrected chi connectivity index (χ2v) is 6.16. The summed E-state index contributed by atoms with van der Waals surface area (Å²) >= 11 is 0. The third-order valence-corrected chi connectivity index (χ3v) is 4.24. The fourth-order valence-corrected chi connectivity index (χ4v) is 3.19. The highest BCUT2D eigenvalue weighted by molar-refractivity contribution is 5.67. The third kappa shape index (κ3) is 3.57. The average Bonchev–Trinajstić information content (AvgIpc) is 2.84. The second-order valence-electron chi connectivity index (χ2n) is 6.16. The molecule has 21 heavy (non-hydrogen) atoms. The lowest BCUT2D eigenvalue weighted by molar-refractivity contribution is -0.136. The highest BCUT2D eigenvalue weighted by atomic mass is 16.5. The van der Waals surface area contributed by atoms with Gasteiger partial charge in [0.25, 0.3) is 0 Å². The van der Waals surface area contributed by atoms with Gasteiger partial charge in [-0.05, 0) is 25.2 Å². The molecule has 1 saturated carbocycles. The molecule has 1 N–H and O–H groups in total. The van der Waals surface area contributed by atoms with E-state index in [-0.39, 0.29) is 12.3 Å². The molecule has 0 radical (unpaired) electrons. The van der Waals surface area contributed by atoms with E-state index in [4.69, 9.17) is 14.9 Å². The van der Waals surface area contributed by atoms with Gasteiger partial charge in [0.2, 0.25) is 5.88 Å². The van der Waals surface area contributed by atoms with Crippen LogP contribution in [0.2, 0.25) is 0 Å². The van der Waals surface area contributed by atoms with E-state index in [0.717, 1.165) is 30.0 Å². The molecule has 1 fully saturated rings. The number of aromatic nitrogens is 2. The van der Waals surface area contributed by atoms with E-state index in [1.165, 1.54) is 19.3 Å². The minimum absolute atomic E-state index is 0.117. The minimum Gasteiger partial charge on any atom is -0.481 e. The molecule has 1 heterocycles. The van der Waals surface area contributed by atoms with E-state index >= 15 is 0 Å². The molecule has 2 rings (SSSR count). The van der Waals surface area contributed by atoms with Gasteiger partial charge in [0.1, 0.15) is 0 Å². The van der Waals surface area contributed by atoms with E-state index in [2.05, 4.69) is 13.8 Å². The van der Waals surface area contributed by atoms with E-state index in [0.29, 0.717) is 12.5 Å². The number of aliphatic carboxylic acids is 1. The molecule has 118 valence electrons. The molecule has 0 atom stereocenters. The van der Waals surface area contributed by atoms with Crippen molar-refractivity contribution in [2.45, 2.75) is 70.8 Å². The first-order valence-electron chi connectivity index (χ1n) is 7.91. The number of hydrogen-bond acceptors (Lipinski definition) is 3. The first-order valence-corrected chi connectivity index (χ1v) is 7.91. The van der Waals surface area contributed by atoms with Crippen molar-refractivity contribution in [1.82, 2.24) is 9.78 Å². The zero-order valence-corrected chi connectivity index (χ0v) is 13.3. The quantitative estimate of drug-likeness (QED) is 0.871. The van der Waals surface area contributed by atoms with Crippen molar-refractivity contribution in [2.75, 3.05) is 7.11 Å². The summed E-state index contributed by atoms with van der Waals surface area (Å²) < 4.78 is 7.62. The van der Waals surface area contributed by atoms with Crippen molar-refractivity contribution < 1.29 is 14.6 Å². The molecule has 1 aliphatic rings. The van der Waals surface area contributed by atoms with Gasteiger partial charge in [-0.15, -0.1) is 0 Å². The number of carboxylic acids is 1. The summed E-state index contributed by atoms with van der Waals surface area (Å²) in [6, 6.07) is 0.393. The summed E-state index contributed by atoms with van der Waals surface area (Å²) in [5.74, 6) is 0.261. The molecule has 0 unspecified atom stereocenters. The maximum absolute atomic E-state index is 10.9. The van der Waals surface area contributed by atoms with Gasteiger partial charge in [0, 0.05) is 12.0 Å². The van der Waals surface area contributed by atoms with E-state index in [1.807, 2.05) is 4.68 Å². The molecule has 0 spiro atoms. The van der Waals surface area contributed by atoms with E-state index in [9.17, 15) is 4.79 Å². The van der Waals surface area contributed by atoms with Crippen molar-refractivity contribution in [3.05, 3.63) is 11.3 Å². The Bertz CT molecular complexity index is 488. The molecule has 5 nitrogen and oxygen atoms in total. The maximum Gasteiger partial charge on any atom is 0.303 e. The second kappa shape index (κ2) is 6.96. The number of methoxy groups -OCH3 is 1. The van der Waals surface area contributed by atoms with Crippen LogP contribution in [0.5, 0.6) is 5.88 Å². The fraction of sp³-hybridized carbons (Fsp3) is 0.750. The van der Waals surface area contributed by atoms with Crippen LogP contribution in [-0.4, -0.2) is 28.0 Å². The molecule has 0 bridgehead atoms.